The number of rotatable bonds is 5. The second-order valence-electron chi connectivity index (χ2n) is 3.48. The van der Waals surface area contributed by atoms with Crippen molar-refractivity contribution in [3.8, 4) is 0 Å². The molecule has 2 atom stereocenters. The third-order valence-electron chi connectivity index (χ3n) is 2.40. The number of benzene rings is 1. The van der Waals surface area contributed by atoms with Crippen LogP contribution in [0.4, 0.5) is 5.69 Å². The summed E-state index contributed by atoms with van der Waals surface area (Å²) in [4.78, 5) is 21.7. The first-order chi connectivity index (χ1) is 7.99. The fourth-order valence-corrected chi connectivity index (χ4v) is 2.72. The van der Waals surface area contributed by atoms with Crippen LogP contribution in [-0.4, -0.2) is 20.2 Å². The standard InChI is InChI=1S/C11H13NO4S/c1-3-10(13)8(2)17(16)11-7-5-4-6-9(11)12(14)15/h4-8H,3H2,1-2H3. The zero-order valence-corrected chi connectivity index (χ0v) is 10.4. The molecule has 5 nitrogen and oxygen atoms in total. The Balaban J connectivity index is 3.12. The number of Topliss-reactive ketones (excluding diaryl/α,β-unsaturated/α-hetero) is 1. The van der Waals surface area contributed by atoms with E-state index in [1.54, 1.807) is 13.0 Å². The smallest absolute Gasteiger partial charge is 0.285 e. The molecule has 0 amide bonds. The first-order valence-corrected chi connectivity index (χ1v) is 6.37. The molecule has 6 heteroatoms. The summed E-state index contributed by atoms with van der Waals surface area (Å²) in [5.41, 5.74) is -0.207. The number of nitro groups is 1. The van der Waals surface area contributed by atoms with Gasteiger partial charge in [0.25, 0.3) is 5.69 Å². The third kappa shape index (κ3) is 2.97. The Labute approximate surface area is 101 Å². The van der Waals surface area contributed by atoms with Crippen molar-refractivity contribution in [2.24, 2.45) is 0 Å². The van der Waals surface area contributed by atoms with E-state index in [4.69, 9.17) is 0 Å². The lowest BCUT2D eigenvalue weighted by Crippen LogP contribution is -2.22. The summed E-state index contributed by atoms with van der Waals surface area (Å²) in [6, 6.07) is 5.79. The second-order valence-corrected chi connectivity index (χ2v) is 5.23. The first-order valence-electron chi connectivity index (χ1n) is 5.15. The fraction of sp³-hybridized carbons (Fsp3) is 0.364. The Morgan fingerprint density at radius 3 is 2.59 bits per heavy atom. The van der Waals surface area contributed by atoms with Crippen molar-refractivity contribution >= 4 is 22.3 Å². The van der Waals surface area contributed by atoms with Crippen molar-refractivity contribution in [2.45, 2.75) is 30.4 Å². The Hall–Kier alpha value is -1.56. The lowest BCUT2D eigenvalue weighted by molar-refractivity contribution is -0.387. The van der Waals surface area contributed by atoms with Gasteiger partial charge >= 0.3 is 0 Å². The molecule has 1 aromatic rings. The Morgan fingerprint density at radius 1 is 1.47 bits per heavy atom. The van der Waals surface area contributed by atoms with Crippen LogP contribution in [0.3, 0.4) is 0 Å². The number of nitrogens with zero attached hydrogens (tertiary/aromatic N) is 1. The normalized spacial score (nSPS) is 14.0. The highest BCUT2D eigenvalue weighted by Gasteiger charge is 2.25. The van der Waals surface area contributed by atoms with E-state index < -0.39 is 21.0 Å². The average Bonchev–Trinajstić information content (AvgIpc) is 2.35. The molecule has 0 aliphatic rings. The largest absolute Gasteiger partial charge is 0.298 e. The summed E-state index contributed by atoms with van der Waals surface area (Å²) in [5.74, 6) is -0.165. The molecule has 0 heterocycles. The number of hydrogen-bond acceptors (Lipinski definition) is 4. The minimum atomic E-state index is -1.68. The van der Waals surface area contributed by atoms with E-state index in [1.165, 1.54) is 25.1 Å². The number of carbonyl (C=O) groups is 1. The lowest BCUT2D eigenvalue weighted by Gasteiger charge is -2.09. The molecule has 2 unspecified atom stereocenters. The average molecular weight is 255 g/mol. The summed E-state index contributed by atoms with van der Waals surface area (Å²) in [5, 5.41) is 10.1. The van der Waals surface area contributed by atoms with Crippen LogP contribution in [0.25, 0.3) is 0 Å². The van der Waals surface area contributed by atoms with Crippen LogP contribution in [0, 0.1) is 10.1 Å². The van der Waals surface area contributed by atoms with Crippen molar-refractivity contribution in [1.29, 1.82) is 0 Å². The minimum absolute atomic E-state index is 0.104. The fourth-order valence-electron chi connectivity index (χ4n) is 1.38. The van der Waals surface area contributed by atoms with E-state index in [0.29, 0.717) is 0 Å². The lowest BCUT2D eigenvalue weighted by atomic mass is 10.2. The molecule has 0 saturated heterocycles. The summed E-state index contributed by atoms with van der Waals surface area (Å²) in [6.07, 6.45) is 0.271. The van der Waals surface area contributed by atoms with Crippen LogP contribution < -0.4 is 0 Å². The van der Waals surface area contributed by atoms with E-state index >= 15 is 0 Å². The maximum atomic E-state index is 12.1. The van der Waals surface area contributed by atoms with Crippen LogP contribution in [-0.2, 0) is 15.6 Å². The molecule has 0 aromatic heterocycles. The summed E-state index contributed by atoms with van der Waals surface area (Å²) < 4.78 is 12.1. The van der Waals surface area contributed by atoms with Gasteiger partial charge in [-0.05, 0) is 13.0 Å². The molecule has 1 aromatic carbocycles. The second kappa shape index (κ2) is 5.67. The summed E-state index contributed by atoms with van der Waals surface area (Å²) >= 11 is 0. The molecular weight excluding hydrogens is 242 g/mol. The van der Waals surface area contributed by atoms with Gasteiger partial charge in [0, 0.05) is 12.5 Å². The van der Waals surface area contributed by atoms with Crippen LogP contribution in [0.5, 0.6) is 0 Å². The maximum absolute atomic E-state index is 12.1. The highest BCUT2D eigenvalue weighted by Crippen LogP contribution is 2.24. The van der Waals surface area contributed by atoms with Crippen molar-refractivity contribution in [2.75, 3.05) is 0 Å². The molecule has 17 heavy (non-hydrogen) atoms. The predicted octanol–water partition coefficient (Wildman–Crippen LogP) is 2.07. The van der Waals surface area contributed by atoms with Crippen LogP contribution in [0.1, 0.15) is 20.3 Å². The van der Waals surface area contributed by atoms with E-state index in [9.17, 15) is 19.1 Å². The number of ketones is 1. The Morgan fingerprint density at radius 2 is 2.06 bits per heavy atom. The molecule has 0 aliphatic heterocycles. The molecule has 0 bridgehead atoms. The third-order valence-corrected chi connectivity index (χ3v) is 4.09. The molecule has 0 aliphatic carbocycles. The minimum Gasteiger partial charge on any atom is -0.298 e. The predicted molar refractivity (Wildman–Crippen MR) is 64.3 cm³/mol. The van der Waals surface area contributed by atoms with Gasteiger partial charge in [-0.25, -0.2) is 0 Å². The van der Waals surface area contributed by atoms with Gasteiger partial charge in [0.05, 0.1) is 21.0 Å². The zero-order valence-electron chi connectivity index (χ0n) is 9.58. The maximum Gasteiger partial charge on any atom is 0.285 e. The molecule has 0 saturated carbocycles. The van der Waals surface area contributed by atoms with Gasteiger partial charge in [-0.15, -0.1) is 0 Å². The van der Waals surface area contributed by atoms with Crippen LogP contribution in [0.15, 0.2) is 29.2 Å². The molecule has 1 rings (SSSR count). The number of nitro benzene ring substituents is 1. The van der Waals surface area contributed by atoms with Gasteiger partial charge in [0.15, 0.2) is 0 Å². The van der Waals surface area contributed by atoms with Gasteiger partial charge in [-0.3, -0.25) is 19.1 Å². The first kappa shape index (κ1) is 13.5. The number of para-hydroxylation sites is 1. The van der Waals surface area contributed by atoms with Gasteiger partial charge < -0.3 is 0 Å². The Bertz CT molecular complexity index is 472. The summed E-state index contributed by atoms with van der Waals surface area (Å²) in [6.45, 7) is 3.20. The van der Waals surface area contributed by atoms with E-state index in [0.717, 1.165) is 0 Å². The molecule has 92 valence electrons. The van der Waals surface area contributed by atoms with E-state index in [1.807, 2.05) is 0 Å². The molecular formula is C11H13NO4S. The molecule has 0 fully saturated rings. The quantitative estimate of drug-likeness (QED) is 0.596. The van der Waals surface area contributed by atoms with Gasteiger partial charge in [-0.2, -0.15) is 0 Å². The Kier molecular flexibility index (Phi) is 4.51. The molecule has 0 spiro atoms. The highest BCUT2D eigenvalue weighted by atomic mass is 32.2. The van der Waals surface area contributed by atoms with Gasteiger partial charge in [-0.1, -0.05) is 19.1 Å². The van der Waals surface area contributed by atoms with Crippen LogP contribution in [0.2, 0.25) is 0 Å². The van der Waals surface area contributed by atoms with E-state index in [-0.39, 0.29) is 22.8 Å². The van der Waals surface area contributed by atoms with Crippen molar-refractivity contribution in [3.63, 3.8) is 0 Å². The summed E-state index contributed by atoms with van der Waals surface area (Å²) in [7, 11) is -1.68. The monoisotopic (exact) mass is 255 g/mol. The molecule has 0 radical (unpaired) electrons. The van der Waals surface area contributed by atoms with Crippen LogP contribution >= 0.6 is 0 Å². The topological polar surface area (TPSA) is 77.3 Å². The zero-order chi connectivity index (χ0) is 13.0. The van der Waals surface area contributed by atoms with Gasteiger partial charge in [0.1, 0.15) is 10.7 Å². The van der Waals surface area contributed by atoms with Crippen molar-refractivity contribution in [1.82, 2.24) is 0 Å². The van der Waals surface area contributed by atoms with Crippen molar-refractivity contribution < 1.29 is 13.9 Å². The highest BCUT2D eigenvalue weighted by molar-refractivity contribution is 7.86. The molecule has 0 N–H and O–H groups in total. The van der Waals surface area contributed by atoms with Gasteiger partial charge in [0.2, 0.25) is 0 Å². The van der Waals surface area contributed by atoms with E-state index in [2.05, 4.69) is 0 Å². The number of hydrogen-bond donors (Lipinski definition) is 0. The van der Waals surface area contributed by atoms with Crippen molar-refractivity contribution in [3.05, 3.63) is 34.4 Å². The SMILES string of the molecule is CCC(=O)C(C)S(=O)c1ccccc1[N+](=O)[O-]. The number of carbonyl (C=O) groups excluding carboxylic acids is 1.